The van der Waals surface area contributed by atoms with Crippen molar-refractivity contribution in [2.45, 2.75) is 26.5 Å². The molecular weight excluding hydrogens is 228 g/mol. The summed E-state index contributed by atoms with van der Waals surface area (Å²) < 4.78 is 14.3. The van der Waals surface area contributed by atoms with Crippen molar-refractivity contribution in [1.29, 1.82) is 0 Å². The van der Waals surface area contributed by atoms with Crippen LogP contribution >= 0.6 is 0 Å². The molecule has 5 nitrogen and oxygen atoms in total. The van der Waals surface area contributed by atoms with E-state index in [9.17, 15) is 4.79 Å². The average Bonchev–Trinajstić information content (AvgIpc) is 3.01. The predicted octanol–water partition coefficient (Wildman–Crippen LogP) is 1.18. The molecule has 1 atom stereocenters. The number of aliphatic carboxylic acids is 1. The minimum absolute atomic E-state index is 0.176. The highest BCUT2D eigenvalue weighted by Gasteiger charge is 2.13. The first-order chi connectivity index (χ1) is 7.34. The maximum absolute atomic E-state index is 9.60. The molecule has 0 aromatic heterocycles. The standard InChI is InChI=1S/C4H6O2.C3H10O2Si.C3H6O/c1-3(2)4(5)6;1-4-6(3)5-2;1-3-2-4-3/h1H2,2H3,(H,5,6);6H,1-3H3;3H,2H2,1H3. The van der Waals surface area contributed by atoms with Crippen LogP contribution in [0.1, 0.15) is 13.8 Å². The van der Waals surface area contributed by atoms with Crippen molar-refractivity contribution in [2.75, 3.05) is 20.8 Å². The summed E-state index contributed by atoms with van der Waals surface area (Å²) >= 11 is 0. The van der Waals surface area contributed by atoms with Crippen LogP contribution in [0.5, 0.6) is 0 Å². The molecule has 1 rings (SSSR count). The third kappa shape index (κ3) is 19.0. The van der Waals surface area contributed by atoms with Crippen LogP contribution in [0.2, 0.25) is 6.55 Å². The lowest BCUT2D eigenvalue weighted by Crippen LogP contribution is -2.12. The van der Waals surface area contributed by atoms with Gasteiger partial charge in [0, 0.05) is 19.8 Å². The Labute approximate surface area is 98.9 Å². The van der Waals surface area contributed by atoms with E-state index in [2.05, 4.69) is 13.5 Å². The van der Waals surface area contributed by atoms with E-state index in [0.29, 0.717) is 6.10 Å². The number of hydrogen-bond acceptors (Lipinski definition) is 4. The van der Waals surface area contributed by atoms with Crippen molar-refractivity contribution in [2.24, 2.45) is 0 Å². The van der Waals surface area contributed by atoms with Gasteiger partial charge in [0.1, 0.15) is 0 Å². The first-order valence-electron chi connectivity index (χ1n) is 4.91. The monoisotopic (exact) mass is 250 g/mol. The molecule has 0 amide bonds. The van der Waals surface area contributed by atoms with Gasteiger partial charge in [-0.1, -0.05) is 6.58 Å². The lowest BCUT2D eigenvalue weighted by atomic mass is 10.4. The van der Waals surface area contributed by atoms with Crippen LogP contribution in [0.25, 0.3) is 0 Å². The predicted molar refractivity (Wildman–Crippen MR) is 64.9 cm³/mol. The van der Waals surface area contributed by atoms with Gasteiger partial charge in [-0.3, -0.25) is 0 Å². The van der Waals surface area contributed by atoms with Gasteiger partial charge in [-0.15, -0.1) is 0 Å². The third-order valence-electron chi connectivity index (χ3n) is 1.53. The largest absolute Gasteiger partial charge is 0.478 e. The molecule has 1 N–H and O–H groups in total. The Morgan fingerprint density at radius 3 is 1.75 bits per heavy atom. The molecule has 1 saturated heterocycles. The second-order valence-electron chi connectivity index (χ2n) is 3.27. The summed E-state index contributed by atoms with van der Waals surface area (Å²) in [5.41, 5.74) is 0.176. The summed E-state index contributed by atoms with van der Waals surface area (Å²) in [6.45, 7) is 9.62. The fourth-order valence-corrected chi connectivity index (χ4v) is 0.385. The van der Waals surface area contributed by atoms with Gasteiger partial charge >= 0.3 is 15.3 Å². The first kappa shape index (κ1) is 17.7. The zero-order valence-electron chi connectivity index (χ0n) is 10.6. The summed E-state index contributed by atoms with van der Waals surface area (Å²) in [6.07, 6.45) is 0.583. The SMILES string of the molecule is C=C(C)C(=O)O.CC1CO1.CO[SiH](C)OC. The molecular formula is C10H22O5Si. The molecule has 0 spiro atoms. The number of rotatable bonds is 3. The van der Waals surface area contributed by atoms with E-state index in [1.165, 1.54) is 6.92 Å². The zero-order valence-corrected chi connectivity index (χ0v) is 11.8. The van der Waals surface area contributed by atoms with Crippen LogP contribution in [0.15, 0.2) is 12.2 Å². The molecule has 1 heterocycles. The van der Waals surface area contributed by atoms with E-state index < -0.39 is 15.3 Å². The van der Waals surface area contributed by atoms with E-state index in [0.717, 1.165) is 6.61 Å². The molecule has 16 heavy (non-hydrogen) atoms. The highest BCUT2D eigenvalue weighted by Crippen LogP contribution is 2.04. The lowest BCUT2D eigenvalue weighted by molar-refractivity contribution is -0.132. The Morgan fingerprint density at radius 2 is 1.75 bits per heavy atom. The fourth-order valence-electron chi connectivity index (χ4n) is 0.192. The van der Waals surface area contributed by atoms with E-state index in [-0.39, 0.29) is 5.57 Å². The highest BCUT2D eigenvalue weighted by atomic mass is 28.3. The molecule has 1 fully saturated rings. The minimum Gasteiger partial charge on any atom is -0.478 e. The van der Waals surface area contributed by atoms with E-state index >= 15 is 0 Å². The van der Waals surface area contributed by atoms with Crippen LogP contribution in [-0.2, 0) is 18.4 Å². The van der Waals surface area contributed by atoms with Gasteiger partial charge in [0.25, 0.3) is 0 Å². The number of carboxylic acid groups (broad SMARTS) is 1. The number of ether oxygens (including phenoxy) is 1. The summed E-state index contributed by atoms with van der Waals surface area (Å²) in [4.78, 5) is 9.60. The van der Waals surface area contributed by atoms with E-state index in [4.69, 9.17) is 18.7 Å². The molecule has 1 aliphatic heterocycles. The van der Waals surface area contributed by atoms with Crippen molar-refractivity contribution in [3.63, 3.8) is 0 Å². The van der Waals surface area contributed by atoms with Crippen molar-refractivity contribution >= 4 is 15.3 Å². The van der Waals surface area contributed by atoms with E-state index in [1.807, 2.05) is 6.55 Å². The summed E-state index contributed by atoms with van der Waals surface area (Å²) in [5.74, 6) is -0.935. The fraction of sp³-hybridized carbons (Fsp3) is 0.700. The van der Waals surface area contributed by atoms with Gasteiger partial charge in [-0.25, -0.2) is 4.79 Å². The third-order valence-corrected chi connectivity index (χ3v) is 2.86. The van der Waals surface area contributed by atoms with Crippen molar-refractivity contribution in [3.8, 4) is 0 Å². The zero-order chi connectivity index (χ0) is 13.1. The minimum atomic E-state index is -1.16. The topological polar surface area (TPSA) is 68.3 Å². The number of epoxide rings is 1. The van der Waals surface area contributed by atoms with Gasteiger partial charge in [-0.2, -0.15) is 0 Å². The molecule has 0 bridgehead atoms. The van der Waals surface area contributed by atoms with Crippen LogP contribution < -0.4 is 0 Å². The molecule has 96 valence electrons. The molecule has 0 aromatic carbocycles. The van der Waals surface area contributed by atoms with Gasteiger partial charge in [0.15, 0.2) is 0 Å². The van der Waals surface area contributed by atoms with Crippen LogP contribution in [-0.4, -0.2) is 47.3 Å². The molecule has 1 unspecified atom stereocenters. The quantitative estimate of drug-likeness (QED) is 0.463. The summed E-state index contributed by atoms with van der Waals surface area (Å²) in [6, 6.07) is 0. The smallest absolute Gasteiger partial charge is 0.330 e. The molecule has 6 heteroatoms. The molecule has 0 radical (unpaired) electrons. The number of hydrogen-bond donors (Lipinski definition) is 1. The Kier molecular flexibility index (Phi) is 12.0. The van der Waals surface area contributed by atoms with Gasteiger partial charge in [0.05, 0.1) is 12.7 Å². The van der Waals surface area contributed by atoms with Crippen molar-refractivity contribution in [1.82, 2.24) is 0 Å². The molecule has 0 aromatic rings. The van der Waals surface area contributed by atoms with Gasteiger partial charge in [-0.05, 0) is 20.4 Å². The summed E-state index contributed by atoms with van der Waals surface area (Å²) in [5, 5.41) is 7.89. The Hall–Kier alpha value is -0.693. The Bertz CT molecular complexity index is 187. The van der Waals surface area contributed by atoms with Gasteiger partial charge < -0.3 is 18.7 Å². The van der Waals surface area contributed by atoms with Crippen molar-refractivity contribution < 1.29 is 23.5 Å². The molecule has 0 aliphatic carbocycles. The first-order valence-corrected chi connectivity index (χ1v) is 7.00. The van der Waals surface area contributed by atoms with E-state index in [1.54, 1.807) is 14.2 Å². The molecule has 1 aliphatic rings. The normalized spacial score (nSPS) is 16.5. The average molecular weight is 250 g/mol. The van der Waals surface area contributed by atoms with Crippen LogP contribution in [0.3, 0.4) is 0 Å². The van der Waals surface area contributed by atoms with Gasteiger partial charge in [0.2, 0.25) is 0 Å². The lowest BCUT2D eigenvalue weighted by Gasteiger charge is -2.00. The maximum Gasteiger partial charge on any atom is 0.330 e. The second-order valence-corrected chi connectivity index (χ2v) is 5.35. The second kappa shape index (κ2) is 10.8. The number of carbonyl (C=O) groups is 1. The molecule has 0 saturated carbocycles. The maximum atomic E-state index is 9.60. The number of carboxylic acids is 1. The van der Waals surface area contributed by atoms with Crippen molar-refractivity contribution in [3.05, 3.63) is 12.2 Å². The van der Waals surface area contributed by atoms with Crippen LogP contribution in [0, 0.1) is 0 Å². The summed E-state index contributed by atoms with van der Waals surface area (Å²) in [7, 11) is 2.17. The Morgan fingerprint density at radius 1 is 1.50 bits per heavy atom. The highest BCUT2D eigenvalue weighted by molar-refractivity contribution is 6.42. The Balaban J connectivity index is 0. The van der Waals surface area contributed by atoms with Crippen LogP contribution in [0.4, 0.5) is 0 Å².